The van der Waals surface area contributed by atoms with Gasteiger partial charge in [0.2, 0.25) is 0 Å². The maximum Gasteiger partial charge on any atom is 0.163 e. The van der Waals surface area contributed by atoms with Crippen LogP contribution in [0.4, 0.5) is 0 Å². The fourth-order valence-corrected chi connectivity index (χ4v) is 2.10. The van der Waals surface area contributed by atoms with Crippen LogP contribution in [-0.4, -0.2) is 23.9 Å². The molecule has 1 saturated heterocycles. The van der Waals surface area contributed by atoms with Crippen molar-refractivity contribution in [3.8, 4) is 0 Å². The van der Waals surface area contributed by atoms with Crippen LogP contribution < -0.4 is 0 Å². The number of alkyl halides is 1. The predicted octanol–water partition coefficient (Wildman–Crippen LogP) is 2.96. The summed E-state index contributed by atoms with van der Waals surface area (Å²) in [7, 11) is 0. The molecule has 1 aliphatic heterocycles. The summed E-state index contributed by atoms with van der Waals surface area (Å²) < 4.78 is 11.5. The normalized spacial score (nSPS) is 32.9. The second-order valence-corrected chi connectivity index (χ2v) is 4.60. The van der Waals surface area contributed by atoms with Gasteiger partial charge in [0.15, 0.2) is 5.79 Å². The van der Waals surface area contributed by atoms with Gasteiger partial charge in [0.1, 0.15) is 6.10 Å². The SMILES string of the molecule is C=CC[C@H](C)C1OC(C)(C)O[C@H]1CCl. The molecule has 1 heterocycles. The number of allylic oxidation sites excluding steroid dienone is 1. The Bertz CT molecular complexity index is 203. The maximum atomic E-state index is 5.84. The average molecular weight is 219 g/mol. The predicted molar refractivity (Wildman–Crippen MR) is 58.5 cm³/mol. The Kier molecular flexibility index (Phi) is 3.99. The molecule has 3 heteroatoms. The third kappa shape index (κ3) is 2.72. The number of ether oxygens (including phenoxy) is 2. The highest BCUT2D eigenvalue weighted by Gasteiger charge is 2.42. The molecule has 1 unspecified atom stereocenters. The monoisotopic (exact) mass is 218 g/mol. The summed E-state index contributed by atoms with van der Waals surface area (Å²) in [5.74, 6) is 0.382. The van der Waals surface area contributed by atoms with Gasteiger partial charge in [0, 0.05) is 0 Å². The molecule has 3 atom stereocenters. The van der Waals surface area contributed by atoms with Gasteiger partial charge in [-0.15, -0.1) is 18.2 Å². The average Bonchev–Trinajstić information content (AvgIpc) is 2.41. The van der Waals surface area contributed by atoms with Crippen molar-refractivity contribution in [1.29, 1.82) is 0 Å². The van der Waals surface area contributed by atoms with Gasteiger partial charge in [-0.3, -0.25) is 0 Å². The standard InChI is InChI=1S/C11H19ClO2/c1-5-6-8(2)10-9(7-12)13-11(3,4)14-10/h5,8-10H,1,6-7H2,2-4H3/t8-,9-,10?/m0/s1. The third-order valence-corrected chi connectivity index (χ3v) is 2.78. The van der Waals surface area contributed by atoms with E-state index in [2.05, 4.69) is 13.5 Å². The minimum Gasteiger partial charge on any atom is -0.344 e. The number of hydrogen-bond donors (Lipinski definition) is 0. The van der Waals surface area contributed by atoms with Gasteiger partial charge in [-0.2, -0.15) is 0 Å². The zero-order valence-electron chi connectivity index (χ0n) is 9.13. The molecule has 0 aliphatic carbocycles. The first-order chi connectivity index (χ1) is 6.50. The van der Waals surface area contributed by atoms with Gasteiger partial charge < -0.3 is 9.47 Å². The lowest BCUT2D eigenvalue weighted by atomic mass is 9.97. The lowest BCUT2D eigenvalue weighted by molar-refractivity contribution is -0.148. The molecular weight excluding hydrogens is 200 g/mol. The Labute approximate surface area is 91.2 Å². The summed E-state index contributed by atoms with van der Waals surface area (Å²) in [6, 6.07) is 0. The van der Waals surface area contributed by atoms with Crippen LogP contribution in [0.2, 0.25) is 0 Å². The Hall–Kier alpha value is -0.0500. The van der Waals surface area contributed by atoms with Gasteiger partial charge in [-0.25, -0.2) is 0 Å². The van der Waals surface area contributed by atoms with E-state index in [4.69, 9.17) is 21.1 Å². The molecule has 0 spiro atoms. The van der Waals surface area contributed by atoms with Crippen LogP contribution in [-0.2, 0) is 9.47 Å². The summed E-state index contributed by atoms with van der Waals surface area (Å²) in [6.07, 6.45) is 2.92. The van der Waals surface area contributed by atoms with Gasteiger partial charge in [-0.05, 0) is 26.2 Å². The van der Waals surface area contributed by atoms with Crippen molar-refractivity contribution in [1.82, 2.24) is 0 Å². The molecule has 82 valence electrons. The summed E-state index contributed by atoms with van der Waals surface area (Å²) in [5, 5.41) is 0. The van der Waals surface area contributed by atoms with E-state index in [1.807, 2.05) is 19.9 Å². The van der Waals surface area contributed by atoms with Crippen molar-refractivity contribution in [2.75, 3.05) is 5.88 Å². The maximum absolute atomic E-state index is 5.84. The second kappa shape index (κ2) is 4.65. The van der Waals surface area contributed by atoms with Crippen molar-refractivity contribution in [3.63, 3.8) is 0 Å². The van der Waals surface area contributed by atoms with Crippen LogP contribution in [0, 0.1) is 5.92 Å². The molecule has 0 aromatic carbocycles. The summed E-state index contributed by atoms with van der Waals surface area (Å²) >= 11 is 5.84. The van der Waals surface area contributed by atoms with Crippen LogP contribution in [0.25, 0.3) is 0 Å². The van der Waals surface area contributed by atoms with Gasteiger partial charge in [-0.1, -0.05) is 13.0 Å². The fraction of sp³-hybridized carbons (Fsp3) is 0.818. The van der Waals surface area contributed by atoms with Crippen molar-refractivity contribution < 1.29 is 9.47 Å². The van der Waals surface area contributed by atoms with Crippen LogP contribution in [0.1, 0.15) is 27.2 Å². The van der Waals surface area contributed by atoms with E-state index in [1.165, 1.54) is 0 Å². The first-order valence-corrected chi connectivity index (χ1v) is 5.56. The summed E-state index contributed by atoms with van der Waals surface area (Å²) in [6.45, 7) is 9.71. The first-order valence-electron chi connectivity index (χ1n) is 5.02. The number of hydrogen-bond acceptors (Lipinski definition) is 2. The molecule has 1 fully saturated rings. The Balaban J connectivity index is 2.63. The third-order valence-electron chi connectivity index (χ3n) is 2.47. The molecule has 14 heavy (non-hydrogen) atoms. The lowest BCUT2D eigenvalue weighted by Crippen LogP contribution is -2.30. The molecule has 0 amide bonds. The highest BCUT2D eigenvalue weighted by atomic mass is 35.5. The zero-order chi connectivity index (χ0) is 10.8. The molecule has 1 rings (SSSR count). The molecule has 1 aliphatic rings. The number of rotatable bonds is 4. The molecular formula is C11H19ClO2. The minimum atomic E-state index is -0.500. The van der Waals surface area contributed by atoms with Gasteiger partial charge in [0.25, 0.3) is 0 Å². The molecule has 0 radical (unpaired) electrons. The van der Waals surface area contributed by atoms with Crippen molar-refractivity contribution in [2.45, 2.75) is 45.2 Å². The van der Waals surface area contributed by atoms with Crippen LogP contribution in [0.15, 0.2) is 12.7 Å². The summed E-state index contributed by atoms with van der Waals surface area (Å²) in [5.41, 5.74) is 0. The smallest absolute Gasteiger partial charge is 0.163 e. The van der Waals surface area contributed by atoms with Gasteiger partial charge >= 0.3 is 0 Å². The zero-order valence-corrected chi connectivity index (χ0v) is 9.88. The largest absolute Gasteiger partial charge is 0.344 e. The van der Waals surface area contributed by atoms with Crippen LogP contribution in [0.3, 0.4) is 0 Å². The Morgan fingerprint density at radius 2 is 2.14 bits per heavy atom. The molecule has 0 N–H and O–H groups in total. The van der Waals surface area contributed by atoms with Crippen molar-refractivity contribution in [2.24, 2.45) is 5.92 Å². The van der Waals surface area contributed by atoms with E-state index >= 15 is 0 Å². The van der Waals surface area contributed by atoms with E-state index in [-0.39, 0.29) is 12.2 Å². The Morgan fingerprint density at radius 1 is 1.50 bits per heavy atom. The molecule has 0 bridgehead atoms. The molecule has 0 aromatic rings. The molecule has 0 aromatic heterocycles. The van der Waals surface area contributed by atoms with E-state index in [1.54, 1.807) is 0 Å². The minimum absolute atomic E-state index is 0.00150. The second-order valence-electron chi connectivity index (χ2n) is 4.29. The molecule has 2 nitrogen and oxygen atoms in total. The number of halogens is 1. The fourth-order valence-electron chi connectivity index (χ4n) is 1.86. The van der Waals surface area contributed by atoms with E-state index in [0.29, 0.717) is 11.8 Å². The van der Waals surface area contributed by atoms with Crippen LogP contribution >= 0.6 is 11.6 Å². The Morgan fingerprint density at radius 3 is 2.64 bits per heavy atom. The van der Waals surface area contributed by atoms with Crippen LogP contribution in [0.5, 0.6) is 0 Å². The van der Waals surface area contributed by atoms with Gasteiger partial charge in [0.05, 0.1) is 12.0 Å². The lowest BCUT2D eigenvalue weighted by Gasteiger charge is -2.21. The summed E-state index contributed by atoms with van der Waals surface area (Å²) in [4.78, 5) is 0. The first kappa shape index (κ1) is 12.0. The highest BCUT2D eigenvalue weighted by Crippen LogP contribution is 2.33. The van der Waals surface area contributed by atoms with E-state index in [0.717, 1.165) is 6.42 Å². The molecule has 0 saturated carbocycles. The van der Waals surface area contributed by atoms with Crippen molar-refractivity contribution in [3.05, 3.63) is 12.7 Å². The van der Waals surface area contributed by atoms with E-state index < -0.39 is 5.79 Å². The highest BCUT2D eigenvalue weighted by molar-refractivity contribution is 6.18. The quantitative estimate of drug-likeness (QED) is 0.534. The van der Waals surface area contributed by atoms with Crippen molar-refractivity contribution >= 4 is 11.6 Å². The topological polar surface area (TPSA) is 18.5 Å². The van der Waals surface area contributed by atoms with E-state index in [9.17, 15) is 0 Å².